The zero-order valence-corrected chi connectivity index (χ0v) is 17.6. The second-order valence-corrected chi connectivity index (χ2v) is 7.38. The fourth-order valence-corrected chi connectivity index (χ4v) is 3.44. The van der Waals surface area contributed by atoms with Gasteiger partial charge >= 0.3 is 0 Å². The number of para-hydroxylation sites is 1. The number of nitrogens with one attached hydrogen (secondary N) is 1. The number of hydrogen-bond acceptors (Lipinski definition) is 5. The summed E-state index contributed by atoms with van der Waals surface area (Å²) in [5.41, 5.74) is 4.82. The highest BCUT2D eigenvalue weighted by Crippen LogP contribution is 2.26. The third kappa shape index (κ3) is 3.97. The summed E-state index contributed by atoms with van der Waals surface area (Å²) < 4.78 is 6.89. The molecule has 7 nitrogen and oxygen atoms in total. The third-order valence-corrected chi connectivity index (χ3v) is 5.07. The van der Waals surface area contributed by atoms with Crippen LogP contribution in [0.15, 0.2) is 53.1 Å². The largest absolute Gasteiger partial charge is 0.339 e. The molecule has 1 N–H and O–H groups in total. The quantitative estimate of drug-likeness (QED) is 0.505. The third-order valence-electron chi connectivity index (χ3n) is 4.82. The molecule has 0 fully saturated rings. The van der Waals surface area contributed by atoms with Gasteiger partial charge in [0.2, 0.25) is 17.6 Å². The Morgan fingerprint density at radius 1 is 1.10 bits per heavy atom. The summed E-state index contributed by atoms with van der Waals surface area (Å²) in [6.45, 7) is 5.58. The lowest BCUT2D eigenvalue weighted by atomic mass is 10.1. The lowest BCUT2D eigenvalue weighted by Crippen LogP contribution is -2.16. The van der Waals surface area contributed by atoms with E-state index in [2.05, 4.69) is 20.6 Å². The Kier molecular flexibility index (Phi) is 5.37. The van der Waals surface area contributed by atoms with Crippen LogP contribution in [0.4, 0.5) is 5.69 Å². The lowest BCUT2D eigenvalue weighted by Gasteiger charge is -2.09. The standard InChI is InChI=1S/C22H20ClN5O2/c1-13-19(14(2)28(26-13)17-10-8-16(23)9-11-17)12-21(29)25-20-7-5-4-6-18(20)22-24-15(3)30-27-22/h4-11H,12H2,1-3H3,(H,25,29). The van der Waals surface area contributed by atoms with Crippen LogP contribution in [0.2, 0.25) is 5.02 Å². The van der Waals surface area contributed by atoms with Crippen LogP contribution in [0.25, 0.3) is 17.1 Å². The first-order valence-corrected chi connectivity index (χ1v) is 9.81. The van der Waals surface area contributed by atoms with Gasteiger partial charge in [-0.2, -0.15) is 10.1 Å². The maximum absolute atomic E-state index is 12.8. The molecular weight excluding hydrogens is 402 g/mol. The van der Waals surface area contributed by atoms with E-state index in [9.17, 15) is 4.79 Å². The minimum absolute atomic E-state index is 0.149. The van der Waals surface area contributed by atoms with Gasteiger partial charge in [-0.1, -0.05) is 28.9 Å². The average Bonchev–Trinajstić information content (AvgIpc) is 3.27. The molecule has 0 unspecified atom stereocenters. The molecule has 0 spiro atoms. The van der Waals surface area contributed by atoms with Gasteiger partial charge in [0.1, 0.15) is 0 Å². The maximum Gasteiger partial charge on any atom is 0.228 e. The monoisotopic (exact) mass is 421 g/mol. The Balaban J connectivity index is 1.57. The molecule has 4 rings (SSSR count). The molecule has 0 saturated carbocycles. The van der Waals surface area contributed by atoms with Crippen molar-refractivity contribution in [3.8, 4) is 17.1 Å². The summed E-state index contributed by atoms with van der Waals surface area (Å²) in [5.74, 6) is 0.753. The summed E-state index contributed by atoms with van der Waals surface area (Å²) in [5, 5.41) is 12.2. The second-order valence-electron chi connectivity index (χ2n) is 6.95. The molecule has 152 valence electrons. The average molecular weight is 422 g/mol. The summed E-state index contributed by atoms with van der Waals surface area (Å²) in [6, 6.07) is 14.8. The Morgan fingerprint density at radius 2 is 1.83 bits per heavy atom. The molecule has 2 aromatic heterocycles. The van der Waals surface area contributed by atoms with Crippen LogP contribution in [-0.2, 0) is 11.2 Å². The van der Waals surface area contributed by atoms with Crippen molar-refractivity contribution in [2.24, 2.45) is 0 Å². The van der Waals surface area contributed by atoms with E-state index in [-0.39, 0.29) is 12.3 Å². The van der Waals surface area contributed by atoms with Crippen LogP contribution < -0.4 is 5.32 Å². The van der Waals surface area contributed by atoms with Gasteiger partial charge < -0.3 is 9.84 Å². The first kappa shape index (κ1) is 19.8. The molecule has 0 aliphatic heterocycles. The van der Waals surface area contributed by atoms with E-state index in [0.29, 0.717) is 28.0 Å². The molecule has 8 heteroatoms. The number of halogens is 1. The minimum atomic E-state index is -0.149. The molecule has 0 radical (unpaired) electrons. The Hall–Kier alpha value is -3.45. The molecule has 0 aliphatic carbocycles. The van der Waals surface area contributed by atoms with E-state index in [1.807, 2.05) is 67.1 Å². The van der Waals surface area contributed by atoms with E-state index in [4.69, 9.17) is 16.1 Å². The van der Waals surface area contributed by atoms with Crippen LogP contribution in [0.1, 0.15) is 22.8 Å². The minimum Gasteiger partial charge on any atom is -0.339 e. The predicted octanol–water partition coefficient (Wildman–Crippen LogP) is 4.68. The number of carbonyl (C=O) groups is 1. The van der Waals surface area contributed by atoms with Crippen LogP contribution in [0.3, 0.4) is 0 Å². The maximum atomic E-state index is 12.8. The molecular formula is C22H20ClN5O2. The van der Waals surface area contributed by atoms with Crippen molar-refractivity contribution < 1.29 is 9.32 Å². The van der Waals surface area contributed by atoms with Crippen molar-refractivity contribution in [2.75, 3.05) is 5.32 Å². The summed E-state index contributed by atoms with van der Waals surface area (Å²) >= 11 is 5.98. The molecule has 2 heterocycles. The molecule has 0 atom stereocenters. The van der Waals surface area contributed by atoms with Gasteiger partial charge in [0.25, 0.3) is 0 Å². The number of benzene rings is 2. The van der Waals surface area contributed by atoms with E-state index in [1.54, 1.807) is 6.92 Å². The first-order valence-electron chi connectivity index (χ1n) is 9.43. The number of amides is 1. The lowest BCUT2D eigenvalue weighted by molar-refractivity contribution is -0.115. The molecule has 4 aromatic rings. The predicted molar refractivity (Wildman–Crippen MR) is 115 cm³/mol. The molecule has 0 aliphatic rings. The van der Waals surface area contributed by atoms with Crippen LogP contribution in [-0.4, -0.2) is 25.8 Å². The number of rotatable bonds is 5. The fraction of sp³-hybridized carbons (Fsp3) is 0.182. The Morgan fingerprint density at radius 3 is 2.53 bits per heavy atom. The normalized spacial score (nSPS) is 10.9. The number of aromatic nitrogens is 4. The summed E-state index contributed by atoms with van der Waals surface area (Å²) in [7, 11) is 0. The number of aryl methyl sites for hydroxylation is 2. The van der Waals surface area contributed by atoms with E-state index < -0.39 is 0 Å². The van der Waals surface area contributed by atoms with Gasteiger partial charge in [-0.25, -0.2) is 4.68 Å². The SMILES string of the molecule is Cc1nc(-c2ccccc2NC(=O)Cc2c(C)nn(-c3ccc(Cl)cc3)c2C)no1. The number of hydrogen-bond donors (Lipinski definition) is 1. The first-order chi connectivity index (χ1) is 14.4. The van der Waals surface area contributed by atoms with Gasteiger partial charge in [0.15, 0.2) is 0 Å². The number of nitrogens with zero attached hydrogens (tertiary/aromatic N) is 4. The van der Waals surface area contributed by atoms with E-state index >= 15 is 0 Å². The number of anilines is 1. The van der Waals surface area contributed by atoms with Gasteiger partial charge in [0.05, 0.1) is 23.5 Å². The van der Waals surface area contributed by atoms with Crippen LogP contribution >= 0.6 is 11.6 Å². The van der Waals surface area contributed by atoms with Gasteiger partial charge in [-0.05, 0) is 50.2 Å². The highest BCUT2D eigenvalue weighted by atomic mass is 35.5. The summed E-state index contributed by atoms with van der Waals surface area (Å²) in [4.78, 5) is 17.1. The van der Waals surface area contributed by atoms with Crippen LogP contribution in [0, 0.1) is 20.8 Å². The van der Waals surface area contributed by atoms with Gasteiger partial charge in [0, 0.05) is 28.8 Å². The topological polar surface area (TPSA) is 85.8 Å². The highest BCUT2D eigenvalue weighted by molar-refractivity contribution is 6.30. The molecule has 30 heavy (non-hydrogen) atoms. The van der Waals surface area contributed by atoms with E-state index in [0.717, 1.165) is 22.6 Å². The van der Waals surface area contributed by atoms with Gasteiger partial charge in [-0.3, -0.25) is 4.79 Å². The molecule has 1 amide bonds. The van der Waals surface area contributed by atoms with Crippen molar-refractivity contribution in [3.63, 3.8) is 0 Å². The van der Waals surface area contributed by atoms with Gasteiger partial charge in [-0.15, -0.1) is 0 Å². The highest BCUT2D eigenvalue weighted by Gasteiger charge is 2.18. The van der Waals surface area contributed by atoms with Crippen molar-refractivity contribution in [2.45, 2.75) is 27.2 Å². The Labute approximate surface area is 178 Å². The molecule has 2 aromatic carbocycles. The number of carbonyl (C=O) groups excluding carboxylic acids is 1. The zero-order chi connectivity index (χ0) is 21.3. The van der Waals surface area contributed by atoms with Crippen LogP contribution in [0.5, 0.6) is 0 Å². The van der Waals surface area contributed by atoms with E-state index in [1.165, 1.54) is 0 Å². The van der Waals surface area contributed by atoms with Crippen molar-refractivity contribution in [1.82, 2.24) is 19.9 Å². The van der Waals surface area contributed by atoms with Crippen molar-refractivity contribution >= 4 is 23.2 Å². The molecule has 0 bridgehead atoms. The summed E-state index contributed by atoms with van der Waals surface area (Å²) in [6.07, 6.45) is 0.199. The smallest absolute Gasteiger partial charge is 0.228 e. The van der Waals surface area contributed by atoms with Crippen molar-refractivity contribution in [1.29, 1.82) is 0 Å². The Bertz CT molecular complexity index is 1210. The fourth-order valence-electron chi connectivity index (χ4n) is 3.32. The second kappa shape index (κ2) is 8.12. The molecule has 0 saturated heterocycles. The van der Waals surface area contributed by atoms with Crippen molar-refractivity contribution in [3.05, 3.63) is 76.4 Å². The zero-order valence-electron chi connectivity index (χ0n) is 16.8.